The lowest BCUT2D eigenvalue weighted by Gasteiger charge is -2.22. The van der Waals surface area contributed by atoms with Gasteiger partial charge in [-0.25, -0.2) is 8.42 Å². The molecule has 2 atom stereocenters. The molecule has 2 N–H and O–H groups in total. The van der Waals surface area contributed by atoms with Gasteiger partial charge in [-0.3, -0.25) is 9.59 Å². The van der Waals surface area contributed by atoms with Gasteiger partial charge in [-0.15, -0.1) is 11.8 Å². The molecule has 6 nitrogen and oxygen atoms in total. The number of sulfone groups is 1. The summed E-state index contributed by atoms with van der Waals surface area (Å²) in [6.07, 6.45) is -0.205. The smallest absolute Gasteiger partial charge is 0.237 e. The second kappa shape index (κ2) is 8.38. The molecule has 1 aliphatic rings. The first-order valence-corrected chi connectivity index (χ1v) is 11.8. The minimum atomic E-state index is -3.76. The van der Waals surface area contributed by atoms with E-state index < -0.39 is 21.0 Å². The molecule has 154 valence electrons. The highest BCUT2D eigenvalue weighted by atomic mass is 35.5. The molecule has 2 aromatic carbocycles. The zero-order valence-electron chi connectivity index (χ0n) is 16.2. The molecule has 0 unspecified atom stereocenters. The number of hydrogen-bond donors (Lipinski definition) is 2. The highest BCUT2D eigenvalue weighted by Gasteiger charge is 2.29. The van der Waals surface area contributed by atoms with E-state index in [1.807, 2.05) is 6.92 Å². The number of fused-ring (bicyclic) bond motifs is 1. The second-order valence-electron chi connectivity index (χ2n) is 6.97. The van der Waals surface area contributed by atoms with E-state index in [0.29, 0.717) is 16.4 Å². The Hall–Kier alpha value is -2.03. The van der Waals surface area contributed by atoms with Crippen LogP contribution in [0.1, 0.15) is 25.8 Å². The number of anilines is 2. The third-order valence-electron chi connectivity index (χ3n) is 4.69. The summed E-state index contributed by atoms with van der Waals surface area (Å²) in [6, 6.07) is 9.77. The predicted octanol–water partition coefficient (Wildman–Crippen LogP) is 4.27. The van der Waals surface area contributed by atoms with E-state index in [1.165, 1.54) is 30.8 Å². The third-order valence-corrected chi connectivity index (χ3v) is 8.24. The Morgan fingerprint density at radius 3 is 2.72 bits per heavy atom. The van der Waals surface area contributed by atoms with Crippen LogP contribution in [-0.4, -0.2) is 30.7 Å². The van der Waals surface area contributed by atoms with E-state index in [0.717, 1.165) is 10.5 Å². The van der Waals surface area contributed by atoms with Crippen molar-refractivity contribution in [1.29, 1.82) is 0 Å². The van der Waals surface area contributed by atoms with Gasteiger partial charge in [0.2, 0.25) is 11.8 Å². The number of rotatable bonds is 5. The van der Waals surface area contributed by atoms with Crippen molar-refractivity contribution in [2.75, 3.05) is 10.6 Å². The number of amides is 2. The Morgan fingerprint density at radius 1 is 1.28 bits per heavy atom. The van der Waals surface area contributed by atoms with Crippen LogP contribution in [0.15, 0.2) is 46.2 Å². The maximum absolute atomic E-state index is 13.0. The average Bonchev–Trinajstić information content (AvgIpc) is 2.65. The normalized spacial score (nSPS) is 17.2. The van der Waals surface area contributed by atoms with Gasteiger partial charge in [0.05, 0.1) is 21.1 Å². The molecule has 2 aromatic rings. The summed E-state index contributed by atoms with van der Waals surface area (Å²) in [5.41, 5.74) is 1.86. The molecule has 0 radical (unpaired) electrons. The van der Waals surface area contributed by atoms with Gasteiger partial charge in [-0.05, 0) is 56.7 Å². The number of carbonyl (C=O) groups is 2. The summed E-state index contributed by atoms with van der Waals surface area (Å²) >= 11 is 7.34. The SMILES string of the molecule is Cc1ccc(Cl)cc1NC(=O)C[C@@H](C)S(=O)(=O)c1ccc2c(c1)NC(=O)[C@H](C)S2. The van der Waals surface area contributed by atoms with Crippen molar-refractivity contribution < 1.29 is 18.0 Å². The van der Waals surface area contributed by atoms with Crippen LogP contribution >= 0.6 is 23.4 Å². The van der Waals surface area contributed by atoms with Crippen molar-refractivity contribution in [3.8, 4) is 0 Å². The molecule has 9 heteroatoms. The zero-order valence-corrected chi connectivity index (χ0v) is 18.5. The standard InChI is InChI=1S/C20H21ClN2O4S2/c1-11-4-5-14(21)9-16(11)22-19(24)8-12(2)29(26,27)15-6-7-18-17(10-15)23-20(25)13(3)28-18/h4-7,9-10,12-13H,8H2,1-3H3,(H,22,24)(H,23,25)/t12-,13+/m1/s1. The van der Waals surface area contributed by atoms with Crippen molar-refractivity contribution in [2.24, 2.45) is 0 Å². The lowest BCUT2D eigenvalue weighted by atomic mass is 10.2. The largest absolute Gasteiger partial charge is 0.326 e. The van der Waals surface area contributed by atoms with Gasteiger partial charge >= 0.3 is 0 Å². The molecule has 0 saturated carbocycles. The van der Waals surface area contributed by atoms with Gasteiger partial charge in [0.25, 0.3) is 0 Å². The first-order chi connectivity index (χ1) is 13.6. The van der Waals surface area contributed by atoms with Crippen molar-refractivity contribution in [3.05, 3.63) is 47.0 Å². The van der Waals surface area contributed by atoms with E-state index >= 15 is 0 Å². The van der Waals surface area contributed by atoms with Gasteiger partial charge in [0.15, 0.2) is 9.84 Å². The molecule has 0 aliphatic carbocycles. The average molecular weight is 453 g/mol. The Balaban J connectivity index is 1.75. The first kappa shape index (κ1) is 21.7. The van der Waals surface area contributed by atoms with Crippen LogP contribution in [0.25, 0.3) is 0 Å². The summed E-state index contributed by atoms with van der Waals surface area (Å²) in [4.78, 5) is 25.2. The van der Waals surface area contributed by atoms with Crippen molar-refractivity contribution in [3.63, 3.8) is 0 Å². The van der Waals surface area contributed by atoms with Crippen molar-refractivity contribution in [2.45, 2.75) is 47.5 Å². The second-order valence-corrected chi connectivity index (χ2v) is 11.2. The molecular formula is C20H21ClN2O4S2. The fraction of sp³-hybridized carbons (Fsp3) is 0.300. The van der Waals surface area contributed by atoms with Gasteiger partial charge < -0.3 is 10.6 Å². The summed E-state index contributed by atoms with van der Waals surface area (Å²) in [5.74, 6) is -0.580. The Morgan fingerprint density at radius 2 is 2.00 bits per heavy atom. The molecule has 1 heterocycles. The van der Waals surface area contributed by atoms with Crippen LogP contribution in [0.2, 0.25) is 5.02 Å². The summed E-state index contributed by atoms with van der Waals surface area (Å²) in [7, 11) is -3.76. The number of benzene rings is 2. The first-order valence-electron chi connectivity index (χ1n) is 8.99. The topological polar surface area (TPSA) is 92.3 Å². The fourth-order valence-corrected chi connectivity index (χ4v) is 5.38. The van der Waals surface area contributed by atoms with E-state index in [9.17, 15) is 18.0 Å². The van der Waals surface area contributed by atoms with Crippen molar-refractivity contribution in [1.82, 2.24) is 0 Å². The number of carbonyl (C=O) groups excluding carboxylic acids is 2. The Bertz CT molecular complexity index is 1090. The van der Waals surface area contributed by atoms with E-state index in [2.05, 4.69) is 10.6 Å². The summed E-state index contributed by atoms with van der Waals surface area (Å²) < 4.78 is 25.9. The van der Waals surface area contributed by atoms with E-state index in [4.69, 9.17) is 11.6 Å². The number of nitrogens with one attached hydrogen (secondary N) is 2. The molecule has 3 rings (SSSR count). The minimum absolute atomic E-state index is 0.0749. The van der Waals surface area contributed by atoms with Gasteiger partial charge in [-0.2, -0.15) is 0 Å². The molecule has 2 amide bonds. The van der Waals surface area contributed by atoms with Gasteiger partial charge in [-0.1, -0.05) is 17.7 Å². The molecular weight excluding hydrogens is 432 g/mol. The highest BCUT2D eigenvalue weighted by Crippen LogP contribution is 2.37. The third kappa shape index (κ3) is 4.76. The summed E-state index contributed by atoms with van der Waals surface area (Å²) in [5, 5.41) is 4.76. The highest BCUT2D eigenvalue weighted by molar-refractivity contribution is 8.01. The number of thioether (sulfide) groups is 1. The Labute approximate surface area is 179 Å². The van der Waals surface area contributed by atoms with Crippen LogP contribution in [0.3, 0.4) is 0 Å². The molecule has 29 heavy (non-hydrogen) atoms. The maximum Gasteiger partial charge on any atom is 0.237 e. The lowest BCUT2D eigenvalue weighted by molar-refractivity contribution is -0.116. The van der Waals surface area contributed by atoms with Crippen LogP contribution in [0.4, 0.5) is 11.4 Å². The van der Waals surface area contributed by atoms with E-state index in [1.54, 1.807) is 31.2 Å². The number of hydrogen-bond acceptors (Lipinski definition) is 5. The Kier molecular flexibility index (Phi) is 6.26. The maximum atomic E-state index is 13.0. The fourth-order valence-electron chi connectivity index (χ4n) is 2.90. The van der Waals surface area contributed by atoms with Crippen molar-refractivity contribution >= 4 is 56.4 Å². The van der Waals surface area contributed by atoms with Crippen LogP contribution in [0.5, 0.6) is 0 Å². The van der Waals surface area contributed by atoms with Crippen LogP contribution < -0.4 is 10.6 Å². The predicted molar refractivity (Wildman–Crippen MR) is 116 cm³/mol. The minimum Gasteiger partial charge on any atom is -0.326 e. The van der Waals surface area contributed by atoms with Crippen LogP contribution in [0, 0.1) is 6.92 Å². The van der Waals surface area contributed by atoms with Crippen LogP contribution in [-0.2, 0) is 19.4 Å². The monoisotopic (exact) mass is 452 g/mol. The molecule has 0 bridgehead atoms. The number of halogens is 1. The molecule has 0 aromatic heterocycles. The molecule has 0 spiro atoms. The lowest BCUT2D eigenvalue weighted by Crippen LogP contribution is -2.27. The van der Waals surface area contributed by atoms with Gasteiger partial charge in [0.1, 0.15) is 0 Å². The molecule has 0 saturated heterocycles. The molecule has 1 aliphatic heterocycles. The summed E-state index contributed by atoms with van der Waals surface area (Å²) in [6.45, 7) is 5.11. The van der Waals surface area contributed by atoms with E-state index in [-0.39, 0.29) is 22.5 Å². The quantitative estimate of drug-likeness (QED) is 0.706. The molecule has 0 fully saturated rings. The van der Waals surface area contributed by atoms with Gasteiger partial charge in [0, 0.05) is 22.0 Å². The zero-order chi connectivity index (χ0) is 21.3. The number of aryl methyl sites for hydroxylation is 1.